The summed E-state index contributed by atoms with van der Waals surface area (Å²) in [6.07, 6.45) is 3.09. The maximum Gasteiger partial charge on any atom is 0.254 e. The predicted molar refractivity (Wildman–Crippen MR) is 68.3 cm³/mol. The number of hydrogen-bond donors (Lipinski definition) is 1. The Balaban J connectivity index is 2.26. The molecule has 0 saturated carbocycles. The minimum Gasteiger partial charge on any atom is -0.373 e. The second-order valence-electron chi connectivity index (χ2n) is 4.34. The zero-order valence-electron chi connectivity index (χ0n) is 10.5. The van der Waals surface area contributed by atoms with Gasteiger partial charge in [0.05, 0.1) is 0 Å². The molecule has 1 aliphatic heterocycles. The van der Waals surface area contributed by atoms with Gasteiger partial charge in [0.25, 0.3) is 5.91 Å². The fourth-order valence-electron chi connectivity index (χ4n) is 2.12. The predicted octanol–water partition coefficient (Wildman–Crippen LogP) is 1.92. The number of anilines is 1. The molecule has 0 unspecified atom stereocenters. The molecule has 2 rings (SSSR count). The third-order valence-electron chi connectivity index (χ3n) is 3.14. The standard InChI is InChI=1S/C13H19N3O/c1-3-11-8-10(9-12(14-2)15-11)13(17)16-6-4-5-7-16/h8-9H,3-7H2,1-2H3,(H,14,15). The summed E-state index contributed by atoms with van der Waals surface area (Å²) >= 11 is 0. The van der Waals surface area contributed by atoms with Crippen LogP contribution in [0.25, 0.3) is 0 Å². The summed E-state index contributed by atoms with van der Waals surface area (Å²) in [6, 6.07) is 3.74. The lowest BCUT2D eigenvalue weighted by molar-refractivity contribution is 0.0792. The van der Waals surface area contributed by atoms with Crippen LogP contribution in [0.5, 0.6) is 0 Å². The highest BCUT2D eigenvalue weighted by Gasteiger charge is 2.20. The summed E-state index contributed by atoms with van der Waals surface area (Å²) < 4.78 is 0. The largest absolute Gasteiger partial charge is 0.373 e. The van der Waals surface area contributed by atoms with Crippen molar-refractivity contribution in [2.75, 3.05) is 25.5 Å². The molecule has 2 heterocycles. The Morgan fingerprint density at radius 3 is 2.71 bits per heavy atom. The molecule has 0 spiro atoms. The van der Waals surface area contributed by atoms with E-state index in [0.717, 1.165) is 49.4 Å². The van der Waals surface area contributed by atoms with Crippen molar-refractivity contribution in [1.29, 1.82) is 0 Å². The molecule has 4 nitrogen and oxygen atoms in total. The number of carbonyl (C=O) groups is 1. The molecule has 0 bridgehead atoms. The van der Waals surface area contributed by atoms with Crippen molar-refractivity contribution in [3.05, 3.63) is 23.4 Å². The second kappa shape index (κ2) is 5.17. The summed E-state index contributed by atoms with van der Waals surface area (Å²) in [5, 5.41) is 3.01. The molecule has 0 aromatic carbocycles. The zero-order chi connectivity index (χ0) is 12.3. The van der Waals surface area contributed by atoms with E-state index in [2.05, 4.69) is 10.3 Å². The molecule has 1 saturated heterocycles. The van der Waals surface area contributed by atoms with Gasteiger partial charge in [0.2, 0.25) is 0 Å². The first kappa shape index (κ1) is 11.9. The average molecular weight is 233 g/mol. The Kier molecular flexibility index (Phi) is 3.61. The van der Waals surface area contributed by atoms with Crippen LogP contribution in [0.3, 0.4) is 0 Å². The SMILES string of the molecule is CCc1cc(C(=O)N2CCCC2)cc(NC)n1. The molecule has 1 N–H and O–H groups in total. The highest BCUT2D eigenvalue weighted by atomic mass is 16.2. The van der Waals surface area contributed by atoms with Crippen molar-refractivity contribution in [3.63, 3.8) is 0 Å². The van der Waals surface area contributed by atoms with Crippen LogP contribution in [0, 0.1) is 0 Å². The van der Waals surface area contributed by atoms with E-state index in [1.807, 2.05) is 31.0 Å². The van der Waals surface area contributed by atoms with Crippen LogP contribution in [0.15, 0.2) is 12.1 Å². The van der Waals surface area contributed by atoms with Crippen LogP contribution in [0.4, 0.5) is 5.82 Å². The smallest absolute Gasteiger partial charge is 0.254 e. The summed E-state index contributed by atoms with van der Waals surface area (Å²) in [7, 11) is 1.83. The van der Waals surface area contributed by atoms with Gasteiger partial charge in [-0.1, -0.05) is 6.92 Å². The fourth-order valence-corrected chi connectivity index (χ4v) is 2.12. The molecule has 1 aliphatic rings. The molecule has 1 fully saturated rings. The monoisotopic (exact) mass is 233 g/mol. The van der Waals surface area contributed by atoms with Crippen LogP contribution in [0.1, 0.15) is 35.8 Å². The Morgan fingerprint density at radius 1 is 1.41 bits per heavy atom. The van der Waals surface area contributed by atoms with Crippen molar-refractivity contribution in [3.8, 4) is 0 Å². The van der Waals surface area contributed by atoms with E-state index >= 15 is 0 Å². The van der Waals surface area contributed by atoms with Gasteiger partial charge in [-0.15, -0.1) is 0 Å². The highest BCUT2D eigenvalue weighted by Crippen LogP contribution is 2.16. The number of pyridine rings is 1. The lowest BCUT2D eigenvalue weighted by atomic mass is 10.1. The molecular formula is C13H19N3O. The van der Waals surface area contributed by atoms with Crippen LogP contribution in [0.2, 0.25) is 0 Å². The molecule has 4 heteroatoms. The van der Waals surface area contributed by atoms with E-state index in [1.54, 1.807) is 0 Å². The third-order valence-corrected chi connectivity index (χ3v) is 3.14. The van der Waals surface area contributed by atoms with E-state index in [1.165, 1.54) is 0 Å². The average Bonchev–Trinajstić information content (AvgIpc) is 2.91. The van der Waals surface area contributed by atoms with Gasteiger partial charge in [0.1, 0.15) is 5.82 Å². The molecule has 1 aromatic heterocycles. The van der Waals surface area contributed by atoms with Gasteiger partial charge in [-0.2, -0.15) is 0 Å². The lowest BCUT2D eigenvalue weighted by Crippen LogP contribution is -2.27. The Hall–Kier alpha value is -1.58. The number of nitrogens with zero attached hydrogens (tertiary/aromatic N) is 2. The van der Waals surface area contributed by atoms with E-state index in [4.69, 9.17) is 0 Å². The molecule has 0 atom stereocenters. The van der Waals surface area contributed by atoms with Crippen molar-refractivity contribution in [1.82, 2.24) is 9.88 Å². The Bertz CT molecular complexity index is 389. The minimum atomic E-state index is 0.135. The van der Waals surface area contributed by atoms with E-state index in [-0.39, 0.29) is 5.91 Å². The first-order chi connectivity index (χ1) is 8.24. The molecule has 92 valence electrons. The summed E-state index contributed by atoms with van der Waals surface area (Å²) in [5.74, 6) is 0.906. The summed E-state index contributed by atoms with van der Waals surface area (Å²) in [6.45, 7) is 3.82. The number of carbonyl (C=O) groups excluding carboxylic acids is 1. The highest BCUT2D eigenvalue weighted by molar-refractivity contribution is 5.95. The van der Waals surface area contributed by atoms with Crippen LogP contribution in [-0.4, -0.2) is 35.9 Å². The van der Waals surface area contributed by atoms with Gasteiger partial charge >= 0.3 is 0 Å². The van der Waals surface area contributed by atoms with Gasteiger partial charge in [-0.05, 0) is 31.4 Å². The Morgan fingerprint density at radius 2 is 2.12 bits per heavy atom. The van der Waals surface area contributed by atoms with Gasteiger partial charge in [0.15, 0.2) is 0 Å². The maximum atomic E-state index is 12.3. The Labute approximate surface area is 102 Å². The minimum absolute atomic E-state index is 0.135. The second-order valence-corrected chi connectivity index (χ2v) is 4.34. The van der Waals surface area contributed by atoms with Crippen molar-refractivity contribution in [2.45, 2.75) is 26.2 Å². The molecular weight excluding hydrogens is 214 g/mol. The first-order valence-corrected chi connectivity index (χ1v) is 6.22. The van der Waals surface area contributed by atoms with Crippen molar-refractivity contribution < 1.29 is 4.79 Å². The molecule has 1 aromatic rings. The van der Waals surface area contributed by atoms with Gasteiger partial charge < -0.3 is 10.2 Å². The van der Waals surface area contributed by atoms with E-state index in [0.29, 0.717) is 0 Å². The van der Waals surface area contributed by atoms with Crippen LogP contribution in [-0.2, 0) is 6.42 Å². The number of aryl methyl sites for hydroxylation is 1. The van der Waals surface area contributed by atoms with Gasteiger partial charge in [0, 0.05) is 31.4 Å². The van der Waals surface area contributed by atoms with E-state index < -0.39 is 0 Å². The number of rotatable bonds is 3. The van der Waals surface area contributed by atoms with Crippen molar-refractivity contribution in [2.24, 2.45) is 0 Å². The van der Waals surface area contributed by atoms with E-state index in [9.17, 15) is 4.79 Å². The van der Waals surface area contributed by atoms with Crippen LogP contribution < -0.4 is 5.32 Å². The number of amides is 1. The number of likely N-dealkylation sites (tertiary alicyclic amines) is 1. The summed E-state index contributed by atoms with van der Waals surface area (Å²) in [4.78, 5) is 18.6. The number of hydrogen-bond acceptors (Lipinski definition) is 3. The summed E-state index contributed by atoms with van der Waals surface area (Å²) in [5.41, 5.74) is 1.71. The molecule has 1 amide bonds. The molecule has 17 heavy (non-hydrogen) atoms. The number of aromatic nitrogens is 1. The normalized spacial score (nSPS) is 15.1. The molecule has 0 aliphatic carbocycles. The quantitative estimate of drug-likeness (QED) is 0.867. The third kappa shape index (κ3) is 2.57. The fraction of sp³-hybridized carbons (Fsp3) is 0.538. The maximum absolute atomic E-state index is 12.3. The van der Waals surface area contributed by atoms with Crippen molar-refractivity contribution >= 4 is 11.7 Å². The zero-order valence-corrected chi connectivity index (χ0v) is 10.5. The number of nitrogens with one attached hydrogen (secondary N) is 1. The molecule has 0 radical (unpaired) electrons. The van der Waals surface area contributed by atoms with Gasteiger partial charge in [-0.25, -0.2) is 4.98 Å². The van der Waals surface area contributed by atoms with Crippen LogP contribution >= 0.6 is 0 Å². The van der Waals surface area contributed by atoms with Gasteiger partial charge in [-0.3, -0.25) is 4.79 Å². The topological polar surface area (TPSA) is 45.2 Å². The first-order valence-electron chi connectivity index (χ1n) is 6.22. The lowest BCUT2D eigenvalue weighted by Gasteiger charge is -2.16.